The van der Waals surface area contributed by atoms with E-state index in [2.05, 4.69) is 67.6 Å². The molecule has 3 aromatic carbocycles. The van der Waals surface area contributed by atoms with Crippen molar-refractivity contribution in [1.82, 2.24) is 0 Å². The minimum atomic E-state index is 0.348. The highest BCUT2D eigenvalue weighted by Crippen LogP contribution is 2.42. The van der Waals surface area contributed by atoms with Crippen LogP contribution >= 0.6 is 0 Å². The summed E-state index contributed by atoms with van der Waals surface area (Å²) in [5, 5.41) is 0. The highest BCUT2D eigenvalue weighted by Gasteiger charge is 2.23. The number of epoxide rings is 1. The smallest absolute Gasteiger partial charge is 0.104 e. The third-order valence-electron chi connectivity index (χ3n) is 6.89. The molecule has 1 heterocycles. The van der Waals surface area contributed by atoms with Gasteiger partial charge in [-0.15, -0.1) is 0 Å². The second-order valence-electron chi connectivity index (χ2n) is 9.20. The molecule has 2 heteroatoms. The zero-order chi connectivity index (χ0) is 21.8. The summed E-state index contributed by atoms with van der Waals surface area (Å²) < 4.78 is 11.1. The zero-order valence-corrected chi connectivity index (χ0v) is 19.2. The van der Waals surface area contributed by atoms with E-state index in [0.29, 0.717) is 6.10 Å². The molecule has 0 radical (unpaired) electrons. The molecule has 0 N–H and O–H groups in total. The number of rotatable bonds is 11. The summed E-state index contributed by atoms with van der Waals surface area (Å²) in [5.41, 5.74) is 11.6. The number of ether oxygens (including phenoxy) is 2. The van der Waals surface area contributed by atoms with Crippen LogP contribution in [0.15, 0.2) is 60.7 Å². The van der Waals surface area contributed by atoms with Crippen LogP contribution < -0.4 is 0 Å². The number of benzene rings is 3. The zero-order valence-electron chi connectivity index (χ0n) is 19.2. The van der Waals surface area contributed by atoms with E-state index in [-0.39, 0.29) is 0 Å². The van der Waals surface area contributed by atoms with Crippen LogP contribution in [0.4, 0.5) is 0 Å². The summed E-state index contributed by atoms with van der Waals surface area (Å²) in [4.78, 5) is 0. The monoisotopic (exact) mass is 426 g/mol. The molecule has 32 heavy (non-hydrogen) atoms. The third kappa shape index (κ3) is 4.67. The van der Waals surface area contributed by atoms with E-state index in [0.717, 1.165) is 39.1 Å². The molecule has 1 aliphatic carbocycles. The second-order valence-corrected chi connectivity index (χ2v) is 9.20. The molecular weight excluding hydrogens is 392 g/mol. The van der Waals surface area contributed by atoms with Gasteiger partial charge in [-0.2, -0.15) is 0 Å². The van der Waals surface area contributed by atoms with Crippen molar-refractivity contribution < 1.29 is 9.47 Å². The van der Waals surface area contributed by atoms with Gasteiger partial charge >= 0.3 is 0 Å². The van der Waals surface area contributed by atoms with E-state index >= 15 is 0 Å². The Bertz CT molecular complexity index is 1060. The summed E-state index contributed by atoms with van der Waals surface area (Å²) in [7, 11) is 0. The second kappa shape index (κ2) is 10.0. The van der Waals surface area contributed by atoms with Crippen molar-refractivity contribution in [2.75, 3.05) is 19.8 Å². The standard InChI is InChI=1S/C30H34O2/c1-2-3-4-10-22-12-7-14-27(25(22)17-9-18-31-20-24-21-32-24)29-16-8-15-28-26-13-6-5-11-23(26)19-30(28)29/h5-8,11-16,24H,2-4,9-10,17-21H2,1H3. The Kier molecular flexibility index (Phi) is 6.71. The molecule has 1 fully saturated rings. The molecule has 0 aromatic heterocycles. The van der Waals surface area contributed by atoms with E-state index in [9.17, 15) is 0 Å². The molecule has 0 amide bonds. The summed E-state index contributed by atoms with van der Waals surface area (Å²) in [6.45, 7) is 4.70. The fourth-order valence-corrected chi connectivity index (χ4v) is 5.12. The summed E-state index contributed by atoms with van der Waals surface area (Å²) in [5.74, 6) is 0. The van der Waals surface area contributed by atoms with Crippen LogP contribution in [0.5, 0.6) is 0 Å². The minimum Gasteiger partial charge on any atom is -0.379 e. The summed E-state index contributed by atoms with van der Waals surface area (Å²) >= 11 is 0. The van der Waals surface area contributed by atoms with Gasteiger partial charge in [0.25, 0.3) is 0 Å². The van der Waals surface area contributed by atoms with E-state index < -0.39 is 0 Å². The van der Waals surface area contributed by atoms with Crippen molar-refractivity contribution in [1.29, 1.82) is 0 Å². The third-order valence-corrected chi connectivity index (χ3v) is 6.89. The van der Waals surface area contributed by atoms with Crippen LogP contribution in [0.2, 0.25) is 0 Å². The number of fused-ring (bicyclic) bond motifs is 3. The Morgan fingerprint density at radius 1 is 0.812 bits per heavy atom. The average Bonchev–Trinajstić information content (AvgIpc) is 3.57. The van der Waals surface area contributed by atoms with Gasteiger partial charge in [0.05, 0.1) is 13.2 Å². The van der Waals surface area contributed by atoms with Gasteiger partial charge in [0.1, 0.15) is 6.10 Å². The first-order valence-corrected chi connectivity index (χ1v) is 12.4. The van der Waals surface area contributed by atoms with Crippen LogP contribution in [-0.2, 0) is 28.7 Å². The van der Waals surface area contributed by atoms with Gasteiger partial charge in [0, 0.05) is 6.61 Å². The van der Waals surface area contributed by atoms with Crippen LogP contribution in [0.3, 0.4) is 0 Å². The first-order valence-electron chi connectivity index (χ1n) is 12.4. The van der Waals surface area contributed by atoms with E-state index in [1.807, 2.05) is 0 Å². The van der Waals surface area contributed by atoms with Gasteiger partial charge in [0.2, 0.25) is 0 Å². The summed E-state index contributed by atoms with van der Waals surface area (Å²) in [6, 6.07) is 22.7. The first kappa shape index (κ1) is 21.4. The van der Waals surface area contributed by atoms with Crippen molar-refractivity contribution in [2.24, 2.45) is 0 Å². The van der Waals surface area contributed by atoms with Gasteiger partial charge < -0.3 is 9.47 Å². The quantitative estimate of drug-likeness (QED) is 0.190. The molecule has 0 spiro atoms. The maximum atomic E-state index is 5.85. The molecule has 1 atom stereocenters. The van der Waals surface area contributed by atoms with Crippen molar-refractivity contribution in [3.8, 4) is 22.3 Å². The lowest BCUT2D eigenvalue weighted by Gasteiger charge is -2.18. The minimum absolute atomic E-state index is 0.348. The summed E-state index contributed by atoms with van der Waals surface area (Å²) in [6.07, 6.45) is 8.50. The predicted octanol–water partition coefficient (Wildman–Crippen LogP) is 7.01. The van der Waals surface area contributed by atoms with Crippen molar-refractivity contribution in [3.63, 3.8) is 0 Å². The Morgan fingerprint density at radius 2 is 1.56 bits per heavy atom. The van der Waals surface area contributed by atoms with Gasteiger partial charge in [-0.3, -0.25) is 0 Å². The van der Waals surface area contributed by atoms with E-state index in [1.165, 1.54) is 70.2 Å². The molecule has 1 aliphatic heterocycles. The normalized spacial score (nSPS) is 16.1. The van der Waals surface area contributed by atoms with E-state index in [1.54, 1.807) is 0 Å². The number of aryl methyl sites for hydroxylation is 1. The molecule has 3 aromatic rings. The Morgan fingerprint density at radius 3 is 2.41 bits per heavy atom. The van der Waals surface area contributed by atoms with Crippen molar-refractivity contribution in [2.45, 2.75) is 58.0 Å². The number of hydrogen-bond acceptors (Lipinski definition) is 2. The fourth-order valence-electron chi connectivity index (χ4n) is 5.12. The molecular formula is C30H34O2. The van der Waals surface area contributed by atoms with Gasteiger partial charge in [0.15, 0.2) is 0 Å². The Labute approximate surface area is 192 Å². The van der Waals surface area contributed by atoms with Crippen LogP contribution in [0.25, 0.3) is 22.3 Å². The maximum Gasteiger partial charge on any atom is 0.104 e. The molecule has 0 saturated carbocycles. The lowest BCUT2D eigenvalue weighted by molar-refractivity contribution is 0.114. The maximum absolute atomic E-state index is 5.85. The van der Waals surface area contributed by atoms with Crippen molar-refractivity contribution >= 4 is 0 Å². The molecule has 2 aliphatic rings. The molecule has 1 unspecified atom stereocenters. The van der Waals surface area contributed by atoms with Crippen LogP contribution in [0.1, 0.15) is 54.9 Å². The predicted molar refractivity (Wildman–Crippen MR) is 132 cm³/mol. The Balaban J connectivity index is 1.44. The lowest BCUT2D eigenvalue weighted by atomic mass is 9.87. The molecule has 1 saturated heterocycles. The topological polar surface area (TPSA) is 21.8 Å². The number of unbranched alkanes of at least 4 members (excludes halogenated alkanes) is 2. The highest BCUT2D eigenvalue weighted by molar-refractivity contribution is 5.85. The van der Waals surface area contributed by atoms with Crippen LogP contribution in [0, 0.1) is 0 Å². The first-order chi connectivity index (χ1) is 15.8. The molecule has 166 valence electrons. The van der Waals surface area contributed by atoms with Crippen LogP contribution in [-0.4, -0.2) is 25.9 Å². The fraction of sp³-hybridized carbons (Fsp3) is 0.400. The lowest BCUT2D eigenvalue weighted by Crippen LogP contribution is -2.06. The van der Waals surface area contributed by atoms with E-state index in [4.69, 9.17) is 9.47 Å². The van der Waals surface area contributed by atoms with Gasteiger partial charge in [-0.1, -0.05) is 80.4 Å². The van der Waals surface area contributed by atoms with Crippen molar-refractivity contribution in [3.05, 3.63) is 82.9 Å². The average molecular weight is 427 g/mol. The SMILES string of the molecule is CCCCCc1cccc(-c2cccc3c2Cc2ccccc2-3)c1CCCOCC1CO1. The Hall–Kier alpha value is -2.42. The number of hydrogen-bond donors (Lipinski definition) is 0. The largest absolute Gasteiger partial charge is 0.379 e. The molecule has 2 nitrogen and oxygen atoms in total. The molecule has 0 bridgehead atoms. The highest BCUT2D eigenvalue weighted by atomic mass is 16.6. The van der Waals surface area contributed by atoms with Gasteiger partial charge in [-0.25, -0.2) is 0 Å². The van der Waals surface area contributed by atoms with Gasteiger partial charge in [-0.05, 0) is 76.6 Å². The molecule has 5 rings (SSSR count).